The van der Waals surface area contributed by atoms with E-state index in [9.17, 15) is 0 Å². The minimum absolute atomic E-state index is 0.224. The van der Waals surface area contributed by atoms with E-state index in [0.717, 1.165) is 45.3 Å². The molecule has 1 N–H and O–H groups in total. The van der Waals surface area contributed by atoms with Crippen LogP contribution in [-0.2, 0) is 29.2 Å². The number of methoxy groups -OCH3 is 1. The highest BCUT2D eigenvalue weighted by Gasteiger charge is 2.41. The highest BCUT2D eigenvalue weighted by Crippen LogP contribution is 2.25. The summed E-state index contributed by atoms with van der Waals surface area (Å²) in [5, 5.41) is 3.49. The Balaban J connectivity index is 1.46. The largest absolute Gasteiger partial charge is 0.380 e. The molecule has 0 bridgehead atoms. The van der Waals surface area contributed by atoms with Gasteiger partial charge in [-0.2, -0.15) is 0 Å². The fraction of sp³-hybridized carbons (Fsp3) is 0.480. The molecular weight excluding hydrogens is 388 g/mol. The Hall–Kier alpha value is -2.41. The van der Waals surface area contributed by atoms with E-state index in [0.29, 0.717) is 19.2 Å². The van der Waals surface area contributed by atoms with Crippen LogP contribution in [0.1, 0.15) is 23.6 Å². The molecule has 2 fully saturated rings. The fourth-order valence-corrected chi connectivity index (χ4v) is 4.54. The number of hydrogen-bond acceptors (Lipinski definition) is 4. The van der Waals surface area contributed by atoms with Crippen molar-refractivity contribution in [3.05, 3.63) is 71.3 Å². The van der Waals surface area contributed by atoms with E-state index >= 15 is 0 Å². The lowest BCUT2D eigenvalue weighted by Crippen LogP contribution is -2.50. The van der Waals surface area contributed by atoms with Crippen molar-refractivity contribution in [1.82, 2.24) is 15.1 Å². The number of guanidine groups is 1. The summed E-state index contributed by atoms with van der Waals surface area (Å²) in [6.45, 7) is 8.76. The first-order valence-electron chi connectivity index (χ1n) is 11.3. The standard InChI is InChI=1S/C25H34N4O2/c1-3-26-25(27-15-21-11-7-8-12-22(21)19-30-2)29-17-23-24(18-29)31-14-13-28(23)16-20-9-5-4-6-10-20/h4-12,23-24H,3,13-19H2,1-2H3,(H,26,27). The molecule has 2 atom stereocenters. The molecule has 6 heteroatoms. The van der Waals surface area contributed by atoms with Gasteiger partial charge in [-0.3, -0.25) is 4.90 Å². The van der Waals surface area contributed by atoms with Gasteiger partial charge < -0.3 is 19.7 Å². The van der Waals surface area contributed by atoms with Gasteiger partial charge in [0.25, 0.3) is 0 Å². The number of morpholine rings is 1. The number of benzene rings is 2. The van der Waals surface area contributed by atoms with Gasteiger partial charge in [0, 0.05) is 39.8 Å². The third-order valence-electron chi connectivity index (χ3n) is 6.10. The molecule has 0 amide bonds. The fourth-order valence-electron chi connectivity index (χ4n) is 4.54. The molecule has 2 aliphatic rings. The van der Waals surface area contributed by atoms with E-state index in [1.54, 1.807) is 7.11 Å². The minimum atomic E-state index is 0.224. The molecule has 0 aliphatic carbocycles. The van der Waals surface area contributed by atoms with E-state index in [-0.39, 0.29) is 6.10 Å². The van der Waals surface area contributed by atoms with E-state index < -0.39 is 0 Å². The normalized spacial score (nSPS) is 21.9. The van der Waals surface area contributed by atoms with Crippen LogP contribution in [0, 0.1) is 0 Å². The number of fused-ring (bicyclic) bond motifs is 1. The summed E-state index contributed by atoms with van der Waals surface area (Å²) in [5.74, 6) is 0.965. The Morgan fingerprint density at radius 2 is 1.87 bits per heavy atom. The van der Waals surface area contributed by atoms with Gasteiger partial charge in [-0.15, -0.1) is 0 Å². The highest BCUT2D eigenvalue weighted by molar-refractivity contribution is 5.80. The molecule has 2 aromatic rings. The van der Waals surface area contributed by atoms with E-state index in [1.807, 2.05) is 0 Å². The smallest absolute Gasteiger partial charge is 0.194 e. The monoisotopic (exact) mass is 422 g/mol. The number of nitrogens with zero attached hydrogens (tertiary/aromatic N) is 3. The second-order valence-electron chi connectivity index (χ2n) is 8.21. The zero-order chi connectivity index (χ0) is 21.5. The molecule has 0 spiro atoms. The molecule has 166 valence electrons. The molecule has 2 heterocycles. The molecule has 2 aliphatic heterocycles. The Bertz CT molecular complexity index is 858. The molecule has 4 rings (SSSR count). The van der Waals surface area contributed by atoms with Crippen LogP contribution in [0.2, 0.25) is 0 Å². The summed E-state index contributed by atoms with van der Waals surface area (Å²) in [4.78, 5) is 9.91. The molecule has 6 nitrogen and oxygen atoms in total. The maximum atomic E-state index is 6.16. The SMILES string of the molecule is CCNC(=NCc1ccccc1COC)N1CC2OCCN(Cc3ccccc3)C2C1. The Morgan fingerprint density at radius 3 is 2.65 bits per heavy atom. The number of rotatable bonds is 7. The first kappa shape index (κ1) is 21.8. The Labute approximate surface area is 185 Å². The first-order valence-corrected chi connectivity index (χ1v) is 11.3. The van der Waals surface area contributed by atoms with Crippen molar-refractivity contribution in [1.29, 1.82) is 0 Å². The van der Waals surface area contributed by atoms with Gasteiger partial charge in [-0.25, -0.2) is 4.99 Å². The van der Waals surface area contributed by atoms with Crippen LogP contribution in [0.3, 0.4) is 0 Å². The minimum Gasteiger partial charge on any atom is -0.380 e. The second kappa shape index (κ2) is 10.8. The average Bonchev–Trinajstić information content (AvgIpc) is 3.24. The topological polar surface area (TPSA) is 49.3 Å². The summed E-state index contributed by atoms with van der Waals surface area (Å²) in [6, 6.07) is 19.5. The van der Waals surface area contributed by atoms with E-state index in [2.05, 4.69) is 76.6 Å². The summed E-state index contributed by atoms with van der Waals surface area (Å²) < 4.78 is 11.5. The van der Waals surface area contributed by atoms with Gasteiger partial charge in [-0.05, 0) is 23.6 Å². The van der Waals surface area contributed by atoms with Crippen LogP contribution >= 0.6 is 0 Å². The zero-order valence-electron chi connectivity index (χ0n) is 18.7. The first-order chi connectivity index (χ1) is 15.3. The molecule has 2 saturated heterocycles. The van der Waals surface area contributed by atoms with Crippen LogP contribution in [0.25, 0.3) is 0 Å². The summed E-state index contributed by atoms with van der Waals surface area (Å²) >= 11 is 0. The van der Waals surface area contributed by atoms with Crippen molar-refractivity contribution in [2.24, 2.45) is 4.99 Å². The number of nitrogens with one attached hydrogen (secondary N) is 1. The van der Waals surface area contributed by atoms with E-state index in [1.165, 1.54) is 16.7 Å². The van der Waals surface area contributed by atoms with Crippen molar-refractivity contribution < 1.29 is 9.47 Å². The van der Waals surface area contributed by atoms with Crippen LogP contribution in [0.5, 0.6) is 0 Å². The molecule has 2 aromatic carbocycles. The van der Waals surface area contributed by atoms with Crippen LogP contribution in [0.4, 0.5) is 0 Å². The van der Waals surface area contributed by atoms with Crippen molar-refractivity contribution >= 4 is 5.96 Å². The highest BCUT2D eigenvalue weighted by atomic mass is 16.5. The van der Waals surface area contributed by atoms with Gasteiger partial charge in [0.15, 0.2) is 5.96 Å². The van der Waals surface area contributed by atoms with Crippen molar-refractivity contribution in [2.45, 2.75) is 38.8 Å². The Kier molecular flexibility index (Phi) is 7.57. The van der Waals surface area contributed by atoms with Gasteiger partial charge in [0.1, 0.15) is 0 Å². The van der Waals surface area contributed by atoms with Crippen LogP contribution < -0.4 is 5.32 Å². The van der Waals surface area contributed by atoms with E-state index in [4.69, 9.17) is 14.5 Å². The molecular formula is C25H34N4O2. The summed E-state index contributed by atoms with van der Waals surface area (Å²) in [5.41, 5.74) is 3.76. The molecule has 2 unspecified atom stereocenters. The van der Waals surface area contributed by atoms with Gasteiger partial charge in [0.2, 0.25) is 0 Å². The Morgan fingerprint density at radius 1 is 1.10 bits per heavy atom. The molecule has 31 heavy (non-hydrogen) atoms. The van der Waals surface area contributed by atoms with Crippen molar-refractivity contribution in [3.63, 3.8) is 0 Å². The number of hydrogen-bond donors (Lipinski definition) is 1. The summed E-state index contributed by atoms with van der Waals surface area (Å²) in [7, 11) is 1.73. The van der Waals surface area contributed by atoms with Crippen molar-refractivity contribution in [2.75, 3.05) is 39.9 Å². The third kappa shape index (κ3) is 5.45. The zero-order valence-corrected chi connectivity index (χ0v) is 18.7. The maximum absolute atomic E-state index is 6.16. The molecule has 0 aromatic heterocycles. The van der Waals surface area contributed by atoms with Gasteiger partial charge in [0.05, 0.1) is 31.9 Å². The molecule has 0 saturated carbocycles. The maximum Gasteiger partial charge on any atom is 0.194 e. The lowest BCUT2D eigenvalue weighted by Gasteiger charge is -2.36. The molecule has 0 radical (unpaired) electrons. The number of likely N-dealkylation sites (tertiary alicyclic amines) is 1. The predicted molar refractivity (Wildman–Crippen MR) is 124 cm³/mol. The van der Waals surface area contributed by atoms with Crippen LogP contribution in [-0.4, -0.2) is 67.8 Å². The predicted octanol–water partition coefficient (Wildman–Crippen LogP) is 2.88. The van der Waals surface area contributed by atoms with Crippen LogP contribution in [0.15, 0.2) is 59.6 Å². The lowest BCUT2D eigenvalue weighted by molar-refractivity contribution is -0.0502. The van der Waals surface area contributed by atoms with Gasteiger partial charge in [-0.1, -0.05) is 54.6 Å². The van der Waals surface area contributed by atoms with Gasteiger partial charge >= 0.3 is 0 Å². The quantitative estimate of drug-likeness (QED) is 0.549. The lowest BCUT2D eigenvalue weighted by atomic mass is 10.1. The summed E-state index contributed by atoms with van der Waals surface area (Å²) in [6.07, 6.45) is 0.224. The third-order valence-corrected chi connectivity index (χ3v) is 6.10. The number of aliphatic imine (C=N–C) groups is 1. The number of ether oxygens (including phenoxy) is 2. The second-order valence-corrected chi connectivity index (χ2v) is 8.21. The van der Waals surface area contributed by atoms with Crippen molar-refractivity contribution in [3.8, 4) is 0 Å². The average molecular weight is 423 g/mol.